The molecule has 0 aliphatic rings. The molecule has 160 valence electrons. The number of Topliss-reactive ketones (excluding diaryl/α,β-unsaturated/α-hetero) is 1. The molecule has 0 bridgehead atoms. The summed E-state index contributed by atoms with van der Waals surface area (Å²) < 4.78 is 5.28. The Morgan fingerprint density at radius 3 is 1.74 bits per heavy atom. The maximum Gasteiger partial charge on any atom is 0.331 e. The number of rotatable bonds is 9. The summed E-state index contributed by atoms with van der Waals surface area (Å²) in [7, 11) is 0. The fourth-order valence-corrected chi connectivity index (χ4v) is 3.30. The minimum Gasteiger partial charge on any atom is -0.464 e. The number of benzene rings is 3. The molecule has 31 heavy (non-hydrogen) atoms. The number of nitrogens with one attached hydrogen (secondary N) is 2. The maximum absolute atomic E-state index is 13.5. The van der Waals surface area contributed by atoms with Gasteiger partial charge in [0.25, 0.3) is 0 Å². The Bertz CT molecular complexity index is 1010. The minimum atomic E-state index is -0.996. The summed E-state index contributed by atoms with van der Waals surface area (Å²) in [4.78, 5) is 26.4. The van der Waals surface area contributed by atoms with E-state index in [-0.39, 0.29) is 12.4 Å². The van der Waals surface area contributed by atoms with Crippen molar-refractivity contribution in [3.05, 3.63) is 94.5 Å². The number of esters is 1. The number of ether oxygens (including phenoxy) is 1. The molecule has 0 spiro atoms. The van der Waals surface area contributed by atoms with Gasteiger partial charge in [-0.15, -0.1) is 0 Å². The van der Waals surface area contributed by atoms with Crippen molar-refractivity contribution in [2.45, 2.75) is 19.0 Å². The molecule has 3 aromatic carbocycles. The van der Waals surface area contributed by atoms with Gasteiger partial charge in [-0.2, -0.15) is 0 Å². The van der Waals surface area contributed by atoms with E-state index in [2.05, 4.69) is 10.6 Å². The molecule has 3 rings (SSSR count). The molecule has 5 nitrogen and oxygen atoms in total. The Hall–Kier alpha value is -3.02. The zero-order chi connectivity index (χ0) is 22.2. The molecular formula is C24H22Cl2N2O3. The SMILES string of the molecule is CCOC(=O)[C@H](Nc1ccc(Cl)cc1)C(Nc1ccc(Cl)cc1)C(=O)c1ccccc1. The van der Waals surface area contributed by atoms with Crippen LogP contribution in [0.2, 0.25) is 10.0 Å². The van der Waals surface area contributed by atoms with Gasteiger partial charge >= 0.3 is 5.97 Å². The van der Waals surface area contributed by atoms with Gasteiger partial charge in [0.1, 0.15) is 6.04 Å². The van der Waals surface area contributed by atoms with Crippen LogP contribution in [0, 0.1) is 0 Å². The number of hydrogen-bond acceptors (Lipinski definition) is 5. The average molecular weight is 457 g/mol. The molecule has 2 N–H and O–H groups in total. The number of carbonyl (C=O) groups is 2. The molecule has 0 aromatic heterocycles. The fourth-order valence-electron chi connectivity index (χ4n) is 3.04. The first-order valence-corrected chi connectivity index (χ1v) is 10.5. The van der Waals surface area contributed by atoms with Gasteiger partial charge in [-0.05, 0) is 55.5 Å². The highest BCUT2D eigenvalue weighted by molar-refractivity contribution is 6.30. The van der Waals surface area contributed by atoms with Crippen LogP contribution < -0.4 is 10.6 Å². The molecule has 0 heterocycles. The van der Waals surface area contributed by atoms with Gasteiger partial charge in [0, 0.05) is 27.0 Å². The Morgan fingerprint density at radius 2 is 1.26 bits per heavy atom. The molecule has 0 fully saturated rings. The van der Waals surface area contributed by atoms with Crippen molar-refractivity contribution < 1.29 is 14.3 Å². The second-order valence-corrected chi connectivity index (χ2v) is 7.61. The van der Waals surface area contributed by atoms with Crippen molar-refractivity contribution in [2.24, 2.45) is 0 Å². The predicted molar refractivity (Wildman–Crippen MR) is 125 cm³/mol. The van der Waals surface area contributed by atoms with Crippen LogP contribution in [0.3, 0.4) is 0 Å². The molecule has 0 radical (unpaired) electrons. The molecule has 0 amide bonds. The van der Waals surface area contributed by atoms with Crippen molar-refractivity contribution >= 4 is 46.3 Å². The van der Waals surface area contributed by atoms with Gasteiger partial charge in [-0.25, -0.2) is 4.79 Å². The Labute approximate surface area is 191 Å². The molecule has 0 saturated heterocycles. The molecule has 3 aromatic rings. The van der Waals surface area contributed by atoms with Gasteiger partial charge in [0.2, 0.25) is 0 Å². The first-order valence-electron chi connectivity index (χ1n) is 9.78. The Morgan fingerprint density at radius 1 is 0.774 bits per heavy atom. The zero-order valence-corrected chi connectivity index (χ0v) is 18.4. The van der Waals surface area contributed by atoms with E-state index < -0.39 is 18.1 Å². The van der Waals surface area contributed by atoms with E-state index in [1.165, 1.54) is 0 Å². The second-order valence-electron chi connectivity index (χ2n) is 6.74. The van der Waals surface area contributed by atoms with E-state index in [1.807, 2.05) is 6.07 Å². The van der Waals surface area contributed by atoms with Crippen molar-refractivity contribution in [3.63, 3.8) is 0 Å². The number of ketones is 1. The zero-order valence-electron chi connectivity index (χ0n) is 16.8. The van der Waals surface area contributed by atoms with E-state index in [0.717, 1.165) is 0 Å². The second kappa shape index (κ2) is 10.8. The van der Waals surface area contributed by atoms with Gasteiger partial charge in [-0.3, -0.25) is 4.79 Å². The highest BCUT2D eigenvalue weighted by Gasteiger charge is 2.35. The average Bonchev–Trinajstić information content (AvgIpc) is 2.79. The lowest BCUT2D eigenvalue weighted by molar-refractivity contribution is -0.144. The third kappa shape index (κ3) is 6.23. The van der Waals surface area contributed by atoms with Gasteiger partial charge < -0.3 is 15.4 Å². The van der Waals surface area contributed by atoms with Crippen LogP contribution in [-0.2, 0) is 9.53 Å². The summed E-state index contributed by atoms with van der Waals surface area (Å²) in [6.45, 7) is 1.91. The normalized spacial score (nSPS) is 12.5. The topological polar surface area (TPSA) is 67.4 Å². The lowest BCUT2D eigenvalue weighted by Gasteiger charge is -2.28. The first kappa shape index (κ1) is 22.7. The minimum absolute atomic E-state index is 0.185. The van der Waals surface area contributed by atoms with E-state index in [0.29, 0.717) is 27.0 Å². The van der Waals surface area contributed by atoms with Gasteiger partial charge in [0.15, 0.2) is 11.8 Å². The van der Waals surface area contributed by atoms with Crippen molar-refractivity contribution in [1.29, 1.82) is 0 Å². The van der Waals surface area contributed by atoms with Crippen molar-refractivity contribution in [3.8, 4) is 0 Å². The van der Waals surface area contributed by atoms with Gasteiger partial charge in [0.05, 0.1) is 6.61 Å². The summed E-state index contributed by atoms with van der Waals surface area (Å²) in [5.41, 5.74) is 1.75. The highest BCUT2D eigenvalue weighted by Crippen LogP contribution is 2.21. The Kier molecular flexibility index (Phi) is 7.93. The van der Waals surface area contributed by atoms with E-state index in [1.54, 1.807) is 79.7 Å². The van der Waals surface area contributed by atoms with E-state index in [4.69, 9.17) is 27.9 Å². The third-order valence-electron chi connectivity index (χ3n) is 4.55. The lowest BCUT2D eigenvalue weighted by atomic mass is 9.96. The summed E-state index contributed by atoms with van der Waals surface area (Å²) >= 11 is 12.0. The lowest BCUT2D eigenvalue weighted by Crippen LogP contribution is -2.50. The standard InChI is InChI=1S/C24H22Cl2N2O3/c1-2-31-24(30)22(28-20-14-10-18(26)11-15-20)21(23(29)16-6-4-3-5-7-16)27-19-12-8-17(25)9-13-19/h3-15,21-22,27-28H,2H2,1H3/t21?,22-/m1/s1. The Balaban J connectivity index is 1.99. The van der Waals surface area contributed by atoms with E-state index >= 15 is 0 Å². The summed E-state index contributed by atoms with van der Waals surface area (Å²) in [5.74, 6) is -0.803. The first-order chi connectivity index (χ1) is 15.0. The summed E-state index contributed by atoms with van der Waals surface area (Å²) in [6.07, 6.45) is 0. The van der Waals surface area contributed by atoms with Crippen LogP contribution in [0.4, 0.5) is 11.4 Å². The molecule has 0 aliphatic carbocycles. The van der Waals surface area contributed by atoms with Crippen LogP contribution in [0.25, 0.3) is 0 Å². The van der Waals surface area contributed by atoms with Crippen molar-refractivity contribution in [1.82, 2.24) is 0 Å². The molecule has 7 heteroatoms. The number of hydrogen-bond donors (Lipinski definition) is 2. The van der Waals surface area contributed by atoms with Crippen LogP contribution in [0.1, 0.15) is 17.3 Å². The quantitative estimate of drug-likeness (QED) is 0.319. The summed E-state index contributed by atoms with van der Waals surface area (Å²) in [6, 6.07) is 20.6. The van der Waals surface area contributed by atoms with Gasteiger partial charge in [-0.1, -0.05) is 53.5 Å². The molecule has 1 unspecified atom stereocenters. The predicted octanol–water partition coefficient (Wildman–Crippen LogP) is 5.70. The van der Waals surface area contributed by atoms with Crippen LogP contribution in [0.15, 0.2) is 78.9 Å². The third-order valence-corrected chi connectivity index (χ3v) is 5.05. The molecule has 0 aliphatic heterocycles. The number of anilines is 2. The van der Waals surface area contributed by atoms with Crippen LogP contribution in [-0.4, -0.2) is 30.4 Å². The monoisotopic (exact) mass is 456 g/mol. The van der Waals surface area contributed by atoms with Crippen LogP contribution in [0.5, 0.6) is 0 Å². The van der Waals surface area contributed by atoms with Crippen molar-refractivity contribution in [2.75, 3.05) is 17.2 Å². The highest BCUT2D eigenvalue weighted by atomic mass is 35.5. The smallest absolute Gasteiger partial charge is 0.331 e. The number of halogens is 2. The largest absolute Gasteiger partial charge is 0.464 e. The summed E-state index contributed by atoms with van der Waals surface area (Å²) in [5, 5.41) is 7.44. The molecule has 0 saturated carbocycles. The van der Waals surface area contributed by atoms with E-state index in [9.17, 15) is 9.59 Å². The maximum atomic E-state index is 13.5. The molecule has 2 atom stereocenters. The molecular weight excluding hydrogens is 435 g/mol. The fraction of sp³-hybridized carbons (Fsp3) is 0.167. The number of carbonyl (C=O) groups excluding carboxylic acids is 2. The van der Waals surface area contributed by atoms with Crippen LogP contribution >= 0.6 is 23.2 Å².